The van der Waals surface area contributed by atoms with Gasteiger partial charge in [-0.3, -0.25) is 0 Å². The first-order valence-corrected chi connectivity index (χ1v) is 7.23. The molecule has 0 heterocycles. The van der Waals surface area contributed by atoms with Gasteiger partial charge in [0.2, 0.25) is 0 Å². The van der Waals surface area contributed by atoms with Crippen LogP contribution in [0.2, 0.25) is 0 Å². The van der Waals surface area contributed by atoms with Crippen molar-refractivity contribution in [2.24, 2.45) is 11.7 Å². The number of para-hydroxylation sites is 1. The Kier molecular flexibility index (Phi) is 5.19. The molecule has 106 valence electrons. The Morgan fingerprint density at radius 2 is 1.60 bits per heavy atom. The third-order valence-electron chi connectivity index (χ3n) is 3.32. The summed E-state index contributed by atoms with van der Waals surface area (Å²) in [7, 11) is 0. The summed E-state index contributed by atoms with van der Waals surface area (Å²) in [6.45, 7) is 4.45. The summed E-state index contributed by atoms with van der Waals surface area (Å²) < 4.78 is 5.84. The fourth-order valence-corrected chi connectivity index (χ4v) is 2.11. The van der Waals surface area contributed by atoms with Crippen molar-refractivity contribution in [3.63, 3.8) is 0 Å². The summed E-state index contributed by atoms with van der Waals surface area (Å²) in [5, 5.41) is 0. The van der Waals surface area contributed by atoms with Crippen LogP contribution in [0.5, 0.6) is 11.5 Å². The summed E-state index contributed by atoms with van der Waals surface area (Å²) in [6.07, 6.45) is 2.15. The molecule has 2 aromatic rings. The molecule has 0 radical (unpaired) electrons. The van der Waals surface area contributed by atoms with Crippen LogP contribution in [0.15, 0.2) is 54.6 Å². The molecular formula is C18H23NO. The predicted molar refractivity (Wildman–Crippen MR) is 84.0 cm³/mol. The Labute approximate surface area is 121 Å². The average molecular weight is 269 g/mol. The molecule has 0 aromatic heterocycles. The van der Waals surface area contributed by atoms with Crippen molar-refractivity contribution >= 4 is 0 Å². The number of benzene rings is 2. The van der Waals surface area contributed by atoms with Gasteiger partial charge in [-0.25, -0.2) is 0 Å². The molecule has 20 heavy (non-hydrogen) atoms. The van der Waals surface area contributed by atoms with E-state index in [4.69, 9.17) is 10.5 Å². The molecule has 0 unspecified atom stereocenters. The van der Waals surface area contributed by atoms with Crippen LogP contribution >= 0.6 is 0 Å². The number of rotatable bonds is 6. The van der Waals surface area contributed by atoms with Crippen LogP contribution < -0.4 is 10.5 Å². The Bertz CT molecular complexity index is 522. The molecule has 2 N–H and O–H groups in total. The van der Waals surface area contributed by atoms with E-state index in [1.165, 1.54) is 0 Å². The minimum Gasteiger partial charge on any atom is -0.457 e. The van der Waals surface area contributed by atoms with Gasteiger partial charge in [0.05, 0.1) is 0 Å². The van der Waals surface area contributed by atoms with Crippen molar-refractivity contribution in [1.82, 2.24) is 0 Å². The van der Waals surface area contributed by atoms with Crippen molar-refractivity contribution < 1.29 is 4.74 Å². The lowest BCUT2D eigenvalue weighted by Crippen LogP contribution is -2.11. The van der Waals surface area contributed by atoms with Gasteiger partial charge < -0.3 is 10.5 Å². The molecule has 0 aliphatic carbocycles. The lowest BCUT2D eigenvalue weighted by Gasteiger charge is -2.15. The van der Waals surface area contributed by atoms with Crippen LogP contribution in [0.3, 0.4) is 0 Å². The molecule has 0 bridgehead atoms. The molecule has 0 amide bonds. The first-order chi connectivity index (χ1) is 9.65. The highest BCUT2D eigenvalue weighted by Crippen LogP contribution is 2.25. The molecule has 1 atom stereocenters. The van der Waals surface area contributed by atoms with Crippen molar-refractivity contribution in [3.05, 3.63) is 60.2 Å². The van der Waals surface area contributed by atoms with Crippen molar-refractivity contribution in [3.8, 4) is 11.5 Å². The van der Waals surface area contributed by atoms with E-state index in [0.717, 1.165) is 29.9 Å². The summed E-state index contributed by atoms with van der Waals surface area (Å²) in [5.74, 6) is 2.37. The van der Waals surface area contributed by atoms with Gasteiger partial charge in [0, 0.05) is 6.04 Å². The zero-order chi connectivity index (χ0) is 14.4. The van der Waals surface area contributed by atoms with Gasteiger partial charge >= 0.3 is 0 Å². The second-order valence-electron chi connectivity index (χ2n) is 5.57. The van der Waals surface area contributed by atoms with E-state index in [0.29, 0.717) is 5.92 Å². The summed E-state index contributed by atoms with van der Waals surface area (Å²) in [5.41, 5.74) is 7.39. The monoisotopic (exact) mass is 269 g/mol. The van der Waals surface area contributed by atoms with Crippen molar-refractivity contribution in [1.29, 1.82) is 0 Å². The number of nitrogens with two attached hydrogens (primary N) is 1. The van der Waals surface area contributed by atoms with Gasteiger partial charge in [-0.2, -0.15) is 0 Å². The maximum atomic E-state index is 6.25. The van der Waals surface area contributed by atoms with Gasteiger partial charge in [-0.1, -0.05) is 44.2 Å². The van der Waals surface area contributed by atoms with E-state index in [9.17, 15) is 0 Å². The molecule has 2 rings (SSSR count). The van der Waals surface area contributed by atoms with E-state index < -0.39 is 0 Å². The Morgan fingerprint density at radius 1 is 0.900 bits per heavy atom. The maximum absolute atomic E-state index is 6.25. The van der Waals surface area contributed by atoms with E-state index in [1.54, 1.807) is 0 Å². The Morgan fingerprint density at radius 3 is 2.30 bits per heavy atom. The molecule has 0 spiro atoms. The predicted octanol–water partition coefficient (Wildman–Crippen LogP) is 4.91. The minimum absolute atomic E-state index is 0.0803. The summed E-state index contributed by atoms with van der Waals surface area (Å²) in [4.78, 5) is 0. The third kappa shape index (κ3) is 4.39. The topological polar surface area (TPSA) is 35.2 Å². The zero-order valence-corrected chi connectivity index (χ0v) is 12.3. The Balaban J connectivity index is 2.04. The number of hydrogen-bond donors (Lipinski definition) is 1. The van der Waals surface area contributed by atoms with Crippen LogP contribution in [0, 0.1) is 5.92 Å². The molecular weight excluding hydrogens is 246 g/mol. The average Bonchev–Trinajstić information content (AvgIpc) is 2.46. The quantitative estimate of drug-likeness (QED) is 0.808. The second-order valence-corrected chi connectivity index (χ2v) is 5.57. The first kappa shape index (κ1) is 14.6. The molecule has 0 saturated carbocycles. The smallest absolute Gasteiger partial charge is 0.127 e. The lowest BCUT2D eigenvalue weighted by atomic mass is 9.98. The van der Waals surface area contributed by atoms with Crippen molar-refractivity contribution in [2.45, 2.75) is 32.7 Å². The van der Waals surface area contributed by atoms with Crippen LogP contribution in [0.4, 0.5) is 0 Å². The lowest BCUT2D eigenvalue weighted by molar-refractivity contribution is 0.477. The molecule has 0 saturated heterocycles. The summed E-state index contributed by atoms with van der Waals surface area (Å²) >= 11 is 0. The highest BCUT2D eigenvalue weighted by Gasteiger charge is 2.08. The highest BCUT2D eigenvalue weighted by atomic mass is 16.5. The summed E-state index contributed by atoms with van der Waals surface area (Å²) in [6, 6.07) is 18.0. The maximum Gasteiger partial charge on any atom is 0.127 e. The molecule has 2 heteroatoms. The molecule has 0 aliphatic heterocycles. The van der Waals surface area contributed by atoms with Gasteiger partial charge in [0.1, 0.15) is 11.5 Å². The normalized spacial score (nSPS) is 12.4. The van der Waals surface area contributed by atoms with E-state index >= 15 is 0 Å². The first-order valence-electron chi connectivity index (χ1n) is 7.23. The second kappa shape index (κ2) is 7.11. The molecule has 2 nitrogen and oxygen atoms in total. The number of ether oxygens (including phenoxy) is 1. The fourth-order valence-electron chi connectivity index (χ4n) is 2.11. The number of hydrogen-bond acceptors (Lipinski definition) is 2. The fraction of sp³-hybridized carbons (Fsp3) is 0.333. The Hall–Kier alpha value is -1.80. The largest absolute Gasteiger partial charge is 0.457 e. The van der Waals surface area contributed by atoms with Crippen LogP contribution in [0.25, 0.3) is 0 Å². The molecule has 0 fully saturated rings. The van der Waals surface area contributed by atoms with Gasteiger partial charge in [0.15, 0.2) is 0 Å². The zero-order valence-electron chi connectivity index (χ0n) is 12.3. The van der Waals surface area contributed by atoms with E-state index in [1.807, 2.05) is 48.5 Å². The molecule has 2 aromatic carbocycles. The third-order valence-corrected chi connectivity index (χ3v) is 3.32. The van der Waals surface area contributed by atoms with Crippen LogP contribution in [-0.4, -0.2) is 0 Å². The van der Waals surface area contributed by atoms with Gasteiger partial charge in [0.25, 0.3) is 0 Å². The van der Waals surface area contributed by atoms with Crippen molar-refractivity contribution in [2.75, 3.05) is 0 Å². The van der Waals surface area contributed by atoms with E-state index in [-0.39, 0.29) is 6.04 Å². The standard InChI is InChI=1S/C18H23NO/c1-14(2)11-12-18(19)15-7-6-10-17(13-15)20-16-8-4-3-5-9-16/h3-10,13-14,18H,11-12,19H2,1-2H3/t18-/m1/s1. The minimum atomic E-state index is 0.0803. The molecule has 0 aliphatic rings. The van der Waals surface area contributed by atoms with Crippen LogP contribution in [0.1, 0.15) is 38.3 Å². The SMILES string of the molecule is CC(C)CC[C@@H](N)c1cccc(Oc2ccccc2)c1. The highest BCUT2D eigenvalue weighted by molar-refractivity contribution is 5.34. The van der Waals surface area contributed by atoms with E-state index in [2.05, 4.69) is 19.9 Å². The van der Waals surface area contributed by atoms with Gasteiger partial charge in [-0.15, -0.1) is 0 Å². The van der Waals surface area contributed by atoms with Crippen LogP contribution in [-0.2, 0) is 0 Å². The van der Waals surface area contributed by atoms with Gasteiger partial charge in [-0.05, 0) is 48.6 Å².